The SMILES string of the molecule is CC1COC(CN)CN1C(=O)c1cncc(F)c1. The maximum absolute atomic E-state index is 13.1. The number of amides is 1. The van der Waals surface area contributed by atoms with Gasteiger partial charge in [0.25, 0.3) is 5.91 Å². The van der Waals surface area contributed by atoms with Gasteiger partial charge in [-0.1, -0.05) is 0 Å². The molecule has 2 N–H and O–H groups in total. The summed E-state index contributed by atoms with van der Waals surface area (Å²) < 4.78 is 18.5. The predicted molar refractivity (Wildman–Crippen MR) is 63.5 cm³/mol. The lowest BCUT2D eigenvalue weighted by molar-refractivity contribution is -0.0426. The van der Waals surface area contributed by atoms with Gasteiger partial charge in [0.2, 0.25) is 0 Å². The monoisotopic (exact) mass is 253 g/mol. The summed E-state index contributed by atoms with van der Waals surface area (Å²) in [6.07, 6.45) is 2.28. The lowest BCUT2D eigenvalue weighted by atomic mass is 10.1. The summed E-state index contributed by atoms with van der Waals surface area (Å²) in [5.74, 6) is -0.756. The van der Waals surface area contributed by atoms with Gasteiger partial charge in [0.05, 0.1) is 30.5 Å². The normalized spacial score (nSPS) is 24.1. The van der Waals surface area contributed by atoms with Gasteiger partial charge in [-0.3, -0.25) is 9.78 Å². The molecule has 1 aliphatic rings. The Bertz CT molecular complexity index is 441. The zero-order valence-electron chi connectivity index (χ0n) is 10.2. The van der Waals surface area contributed by atoms with E-state index < -0.39 is 5.82 Å². The maximum atomic E-state index is 13.1. The van der Waals surface area contributed by atoms with Crippen LogP contribution in [0.4, 0.5) is 4.39 Å². The van der Waals surface area contributed by atoms with Crippen LogP contribution in [0.2, 0.25) is 0 Å². The van der Waals surface area contributed by atoms with E-state index in [9.17, 15) is 9.18 Å². The number of carbonyl (C=O) groups excluding carboxylic acids is 1. The van der Waals surface area contributed by atoms with Crippen LogP contribution in [0.1, 0.15) is 17.3 Å². The fraction of sp³-hybridized carbons (Fsp3) is 0.500. The van der Waals surface area contributed by atoms with Gasteiger partial charge in [-0.15, -0.1) is 0 Å². The van der Waals surface area contributed by atoms with Gasteiger partial charge in [0, 0.05) is 19.3 Å². The number of hydrogen-bond donors (Lipinski definition) is 1. The van der Waals surface area contributed by atoms with Crippen molar-refractivity contribution in [3.63, 3.8) is 0 Å². The predicted octanol–water partition coefficient (Wildman–Crippen LogP) is 0.409. The molecule has 1 amide bonds. The molecule has 1 aromatic rings. The Hall–Kier alpha value is -1.53. The highest BCUT2D eigenvalue weighted by Crippen LogP contribution is 2.15. The van der Waals surface area contributed by atoms with Crippen LogP contribution in [0.25, 0.3) is 0 Å². The highest BCUT2D eigenvalue weighted by molar-refractivity contribution is 5.94. The van der Waals surface area contributed by atoms with Crippen LogP contribution in [0.3, 0.4) is 0 Å². The van der Waals surface area contributed by atoms with E-state index in [0.717, 1.165) is 6.20 Å². The zero-order valence-corrected chi connectivity index (χ0v) is 10.2. The van der Waals surface area contributed by atoms with Crippen molar-refractivity contribution in [3.8, 4) is 0 Å². The Morgan fingerprint density at radius 3 is 3.11 bits per heavy atom. The van der Waals surface area contributed by atoms with Crippen LogP contribution in [0.5, 0.6) is 0 Å². The van der Waals surface area contributed by atoms with E-state index in [2.05, 4.69) is 4.98 Å². The molecule has 2 unspecified atom stereocenters. The van der Waals surface area contributed by atoms with Crippen LogP contribution in [0.15, 0.2) is 18.5 Å². The van der Waals surface area contributed by atoms with Gasteiger partial charge >= 0.3 is 0 Å². The number of nitrogens with zero attached hydrogens (tertiary/aromatic N) is 2. The molecule has 1 aromatic heterocycles. The summed E-state index contributed by atoms with van der Waals surface area (Å²) in [5, 5.41) is 0. The number of ether oxygens (including phenoxy) is 1. The van der Waals surface area contributed by atoms with E-state index in [0.29, 0.717) is 19.7 Å². The maximum Gasteiger partial charge on any atom is 0.255 e. The van der Waals surface area contributed by atoms with E-state index in [-0.39, 0.29) is 23.6 Å². The molecule has 0 radical (unpaired) electrons. The van der Waals surface area contributed by atoms with Gasteiger partial charge in [0.1, 0.15) is 5.82 Å². The van der Waals surface area contributed by atoms with E-state index in [4.69, 9.17) is 10.5 Å². The molecular formula is C12H16FN3O2. The molecule has 18 heavy (non-hydrogen) atoms. The Morgan fingerprint density at radius 2 is 2.44 bits per heavy atom. The first-order chi connectivity index (χ1) is 8.61. The van der Waals surface area contributed by atoms with Gasteiger partial charge in [-0.2, -0.15) is 0 Å². The average molecular weight is 253 g/mol. The molecule has 1 saturated heterocycles. The van der Waals surface area contributed by atoms with Crippen LogP contribution < -0.4 is 5.73 Å². The Labute approximate surface area is 105 Å². The standard InChI is InChI=1S/C12H16FN3O2/c1-8-7-18-11(3-14)6-16(8)12(17)9-2-10(13)5-15-4-9/h2,4-5,8,11H,3,6-7,14H2,1H3. The molecule has 2 heterocycles. The number of nitrogens with two attached hydrogens (primary N) is 1. The third-order valence-corrected chi connectivity index (χ3v) is 2.98. The molecule has 0 bridgehead atoms. The fourth-order valence-corrected chi connectivity index (χ4v) is 1.94. The lowest BCUT2D eigenvalue weighted by Gasteiger charge is -2.37. The van der Waals surface area contributed by atoms with Gasteiger partial charge in [0.15, 0.2) is 0 Å². The molecule has 1 aliphatic heterocycles. The second kappa shape index (κ2) is 5.41. The van der Waals surface area contributed by atoms with E-state index in [1.807, 2.05) is 6.92 Å². The first kappa shape index (κ1) is 12.9. The second-order valence-electron chi connectivity index (χ2n) is 4.39. The summed E-state index contributed by atoms with van der Waals surface area (Å²) in [5.41, 5.74) is 5.79. The topological polar surface area (TPSA) is 68.5 Å². The summed E-state index contributed by atoms with van der Waals surface area (Å²) in [6, 6.07) is 1.14. The first-order valence-electron chi connectivity index (χ1n) is 5.85. The van der Waals surface area contributed by atoms with E-state index in [1.54, 1.807) is 4.90 Å². The highest BCUT2D eigenvalue weighted by atomic mass is 19.1. The molecular weight excluding hydrogens is 237 g/mol. The molecule has 0 aromatic carbocycles. The molecule has 2 rings (SSSR count). The minimum absolute atomic E-state index is 0.0523. The molecule has 2 atom stereocenters. The fourth-order valence-electron chi connectivity index (χ4n) is 1.94. The number of halogens is 1. The van der Waals surface area contributed by atoms with Crippen molar-refractivity contribution in [2.45, 2.75) is 19.1 Å². The number of carbonyl (C=O) groups is 1. The summed E-state index contributed by atoms with van der Waals surface area (Å²) >= 11 is 0. The summed E-state index contributed by atoms with van der Waals surface area (Å²) in [7, 11) is 0. The summed E-state index contributed by atoms with van der Waals surface area (Å²) in [4.78, 5) is 17.6. The van der Waals surface area contributed by atoms with E-state index >= 15 is 0 Å². The molecule has 1 fully saturated rings. The molecule has 6 heteroatoms. The van der Waals surface area contributed by atoms with Crippen LogP contribution in [-0.2, 0) is 4.74 Å². The Kier molecular flexibility index (Phi) is 3.88. The van der Waals surface area contributed by atoms with Gasteiger partial charge in [-0.05, 0) is 13.0 Å². The van der Waals surface area contributed by atoms with Crippen molar-refractivity contribution in [1.29, 1.82) is 0 Å². The van der Waals surface area contributed by atoms with Crippen molar-refractivity contribution >= 4 is 5.91 Å². The van der Waals surface area contributed by atoms with Crippen molar-refractivity contribution in [3.05, 3.63) is 29.8 Å². The quantitative estimate of drug-likeness (QED) is 0.829. The zero-order chi connectivity index (χ0) is 13.1. The molecule has 0 spiro atoms. The lowest BCUT2D eigenvalue weighted by Crippen LogP contribution is -2.52. The number of rotatable bonds is 2. The van der Waals surface area contributed by atoms with E-state index in [1.165, 1.54) is 12.3 Å². The largest absolute Gasteiger partial charge is 0.373 e. The van der Waals surface area contributed by atoms with Crippen LogP contribution in [0, 0.1) is 5.82 Å². The van der Waals surface area contributed by atoms with Crippen molar-refractivity contribution < 1.29 is 13.9 Å². The first-order valence-corrected chi connectivity index (χ1v) is 5.85. The number of pyridine rings is 1. The number of hydrogen-bond acceptors (Lipinski definition) is 4. The second-order valence-corrected chi connectivity index (χ2v) is 4.39. The van der Waals surface area contributed by atoms with Crippen LogP contribution in [-0.4, -0.2) is 47.6 Å². The van der Waals surface area contributed by atoms with Crippen molar-refractivity contribution in [1.82, 2.24) is 9.88 Å². The van der Waals surface area contributed by atoms with Gasteiger partial charge < -0.3 is 15.4 Å². The Balaban J connectivity index is 2.16. The highest BCUT2D eigenvalue weighted by Gasteiger charge is 2.29. The van der Waals surface area contributed by atoms with Crippen LogP contribution >= 0.6 is 0 Å². The number of morpholine rings is 1. The third kappa shape index (κ3) is 2.65. The number of aromatic nitrogens is 1. The smallest absolute Gasteiger partial charge is 0.255 e. The summed E-state index contributed by atoms with van der Waals surface area (Å²) in [6.45, 7) is 3.11. The minimum Gasteiger partial charge on any atom is -0.373 e. The average Bonchev–Trinajstić information content (AvgIpc) is 2.38. The molecule has 98 valence electrons. The minimum atomic E-state index is -0.517. The Morgan fingerprint density at radius 1 is 1.67 bits per heavy atom. The van der Waals surface area contributed by atoms with Crippen molar-refractivity contribution in [2.75, 3.05) is 19.7 Å². The van der Waals surface area contributed by atoms with Crippen molar-refractivity contribution in [2.24, 2.45) is 5.73 Å². The third-order valence-electron chi connectivity index (χ3n) is 2.98. The molecule has 5 nitrogen and oxygen atoms in total. The van der Waals surface area contributed by atoms with Gasteiger partial charge in [-0.25, -0.2) is 4.39 Å². The molecule has 0 aliphatic carbocycles. The molecule has 0 saturated carbocycles.